The molecular weight excluding hydrogens is 437 g/mol. The number of carbonyl (C=O) groups is 1. The molecule has 0 radical (unpaired) electrons. The molecule has 1 amide bonds. The summed E-state index contributed by atoms with van der Waals surface area (Å²) in [7, 11) is 0. The summed E-state index contributed by atoms with van der Waals surface area (Å²) in [5, 5.41) is 4.63. The summed E-state index contributed by atoms with van der Waals surface area (Å²) in [6.07, 6.45) is -3.10. The van der Waals surface area contributed by atoms with Crippen LogP contribution in [0, 0.1) is 0 Å². The molecule has 0 unspecified atom stereocenters. The maximum absolute atomic E-state index is 12.6. The third-order valence-corrected chi connectivity index (χ3v) is 5.52. The molecule has 3 aromatic carbocycles. The number of nitrogens with one attached hydrogen (secondary N) is 2. The quantitative estimate of drug-likeness (QED) is 0.225. The number of hydrogen-bond acceptors (Lipinski definition) is 4. The van der Waals surface area contributed by atoms with E-state index in [1.807, 2.05) is 36.4 Å². The van der Waals surface area contributed by atoms with Crippen LogP contribution in [0.5, 0.6) is 0 Å². The molecule has 32 heavy (non-hydrogen) atoms. The van der Waals surface area contributed by atoms with Gasteiger partial charge in [0, 0.05) is 11.3 Å². The van der Waals surface area contributed by atoms with Gasteiger partial charge in [0.15, 0.2) is 5.16 Å². The van der Waals surface area contributed by atoms with Gasteiger partial charge in [0.25, 0.3) is 5.91 Å². The topological polar surface area (TPSA) is 70.1 Å². The Labute approximate surface area is 185 Å². The summed E-state index contributed by atoms with van der Waals surface area (Å²) in [6, 6.07) is 19.4. The van der Waals surface area contributed by atoms with E-state index in [1.165, 1.54) is 18.3 Å². The van der Waals surface area contributed by atoms with Crippen LogP contribution in [0.25, 0.3) is 11.0 Å². The Morgan fingerprint density at radius 2 is 1.75 bits per heavy atom. The number of alkyl halides is 3. The average Bonchev–Trinajstić information content (AvgIpc) is 3.21. The second-order valence-corrected chi connectivity index (χ2v) is 7.83. The zero-order chi connectivity index (χ0) is 22.6. The SMILES string of the molecule is O=C(NN=Cc1ccc(C(F)(F)F)cc1)c1ccc(CSc2nc3ccccc3[nH]2)cc1. The summed E-state index contributed by atoms with van der Waals surface area (Å²) >= 11 is 1.57. The van der Waals surface area contributed by atoms with E-state index < -0.39 is 17.6 Å². The zero-order valence-electron chi connectivity index (χ0n) is 16.6. The Balaban J connectivity index is 1.30. The Bertz CT molecular complexity index is 1220. The number of rotatable bonds is 6. The smallest absolute Gasteiger partial charge is 0.333 e. The van der Waals surface area contributed by atoms with Crippen LogP contribution < -0.4 is 5.43 Å². The standard InChI is InChI=1S/C23H17F3N4OS/c24-23(25,26)18-11-7-15(8-12-18)13-27-30-21(31)17-9-5-16(6-10-17)14-32-22-28-19-3-1-2-4-20(19)29-22/h1-13H,14H2,(H,28,29)(H,30,31). The number of carbonyl (C=O) groups excluding carboxylic acids is 1. The minimum absolute atomic E-state index is 0.412. The fourth-order valence-electron chi connectivity index (χ4n) is 2.89. The van der Waals surface area contributed by atoms with Gasteiger partial charge in [0.1, 0.15) is 0 Å². The summed E-state index contributed by atoms with van der Waals surface area (Å²) in [5.41, 5.74) is 5.43. The van der Waals surface area contributed by atoms with Crippen LogP contribution in [-0.4, -0.2) is 22.1 Å². The second kappa shape index (κ2) is 9.27. The molecule has 0 saturated carbocycles. The van der Waals surface area contributed by atoms with Gasteiger partial charge in [-0.25, -0.2) is 10.4 Å². The molecule has 0 fully saturated rings. The number of hydrazone groups is 1. The largest absolute Gasteiger partial charge is 0.416 e. The molecule has 2 N–H and O–H groups in total. The second-order valence-electron chi connectivity index (χ2n) is 6.86. The fraction of sp³-hybridized carbons (Fsp3) is 0.0870. The molecule has 0 aliphatic rings. The minimum atomic E-state index is -4.39. The number of amides is 1. The molecule has 1 heterocycles. The highest BCUT2D eigenvalue weighted by Gasteiger charge is 2.29. The zero-order valence-corrected chi connectivity index (χ0v) is 17.4. The maximum atomic E-state index is 12.6. The molecule has 1 aromatic heterocycles. The lowest BCUT2D eigenvalue weighted by molar-refractivity contribution is -0.137. The molecule has 162 valence electrons. The number of para-hydroxylation sites is 2. The number of nitrogens with zero attached hydrogens (tertiary/aromatic N) is 2. The van der Waals surface area contributed by atoms with Gasteiger partial charge in [-0.3, -0.25) is 4.79 Å². The average molecular weight is 454 g/mol. The number of aromatic amines is 1. The molecule has 0 saturated heterocycles. The number of fused-ring (bicyclic) bond motifs is 1. The van der Waals surface area contributed by atoms with Crippen LogP contribution >= 0.6 is 11.8 Å². The lowest BCUT2D eigenvalue weighted by atomic mass is 10.1. The van der Waals surface area contributed by atoms with Gasteiger partial charge in [-0.05, 0) is 47.5 Å². The van der Waals surface area contributed by atoms with E-state index in [-0.39, 0.29) is 0 Å². The molecule has 0 bridgehead atoms. The van der Waals surface area contributed by atoms with Crippen molar-refractivity contribution in [1.29, 1.82) is 0 Å². The lowest BCUT2D eigenvalue weighted by Gasteiger charge is -2.05. The maximum Gasteiger partial charge on any atom is 0.416 e. The predicted molar refractivity (Wildman–Crippen MR) is 119 cm³/mol. The van der Waals surface area contributed by atoms with E-state index in [9.17, 15) is 18.0 Å². The van der Waals surface area contributed by atoms with Crippen molar-refractivity contribution < 1.29 is 18.0 Å². The fourth-order valence-corrected chi connectivity index (χ4v) is 3.73. The van der Waals surface area contributed by atoms with Crippen molar-refractivity contribution in [3.8, 4) is 0 Å². The molecule has 4 aromatic rings. The lowest BCUT2D eigenvalue weighted by Crippen LogP contribution is -2.17. The number of halogens is 3. The number of benzene rings is 3. The Morgan fingerprint density at radius 3 is 2.44 bits per heavy atom. The normalized spacial score (nSPS) is 11.8. The first-order valence-corrected chi connectivity index (χ1v) is 10.5. The van der Waals surface area contributed by atoms with Crippen LogP contribution in [0.3, 0.4) is 0 Å². The molecular formula is C23H17F3N4OS. The summed E-state index contributed by atoms with van der Waals surface area (Å²) in [5.74, 6) is 0.276. The van der Waals surface area contributed by atoms with Gasteiger partial charge in [0.2, 0.25) is 0 Å². The first-order chi connectivity index (χ1) is 15.4. The highest BCUT2D eigenvalue weighted by Crippen LogP contribution is 2.29. The first kappa shape index (κ1) is 21.6. The van der Waals surface area contributed by atoms with Crippen molar-refractivity contribution in [2.24, 2.45) is 5.10 Å². The van der Waals surface area contributed by atoms with Crippen molar-refractivity contribution in [3.63, 3.8) is 0 Å². The molecule has 0 spiro atoms. The van der Waals surface area contributed by atoms with Gasteiger partial charge in [0.05, 0.1) is 22.8 Å². The first-order valence-electron chi connectivity index (χ1n) is 9.56. The van der Waals surface area contributed by atoms with E-state index in [1.54, 1.807) is 23.9 Å². The number of hydrogen-bond donors (Lipinski definition) is 2. The van der Waals surface area contributed by atoms with E-state index in [4.69, 9.17) is 0 Å². The van der Waals surface area contributed by atoms with Crippen molar-refractivity contribution in [2.75, 3.05) is 0 Å². The Morgan fingerprint density at radius 1 is 1.03 bits per heavy atom. The highest BCUT2D eigenvalue weighted by molar-refractivity contribution is 7.98. The van der Waals surface area contributed by atoms with Gasteiger partial charge in [-0.2, -0.15) is 18.3 Å². The minimum Gasteiger partial charge on any atom is -0.333 e. The molecule has 0 aliphatic heterocycles. The molecule has 0 atom stereocenters. The van der Waals surface area contributed by atoms with Crippen molar-refractivity contribution in [2.45, 2.75) is 17.1 Å². The van der Waals surface area contributed by atoms with E-state index >= 15 is 0 Å². The van der Waals surface area contributed by atoms with Crippen molar-refractivity contribution in [1.82, 2.24) is 15.4 Å². The molecule has 9 heteroatoms. The van der Waals surface area contributed by atoms with Crippen LogP contribution in [0.15, 0.2) is 83.1 Å². The predicted octanol–water partition coefficient (Wildman–Crippen LogP) is 5.64. The third kappa shape index (κ3) is 5.36. The van der Waals surface area contributed by atoms with E-state index in [0.717, 1.165) is 33.9 Å². The van der Waals surface area contributed by atoms with Gasteiger partial charge < -0.3 is 4.98 Å². The molecule has 0 aliphatic carbocycles. The number of thioether (sulfide) groups is 1. The monoisotopic (exact) mass is 454 g/mol. The van der Waals surface area contributed by atoms with Gasteiger partial charge in [-0.1, -0.05) is 48.2 Å². The van der Waals surface area contributed by atoms with Crippen LogP contribution in [-0.2, 0) is 11.9 Å². The number of imidazole rings is 1. The summed E-state index contributed by atoms with van der Waals surface area (Å²) in [4.78, 5) is 20.0. The summed E-state index contributed by atoms with van der Waals surface area (Å²) in [6.45, 7) is 0. The van der Waals surface area contributed by atoms with Gasteiger partial charge >= 0.3 is 6.18 Å². The summed E-state index contributed by atoms with van der Waals surface area (Å²) < 4.78 is 37.7. The highest BCUT2D eigenvalue weighted by atomic mass is 32.2. The molecule has 5 nitrogen and oxygen atoms in total. The van der Waals surface area contributed by atoms with Crippen molar-refractivity contribution >= 4 is 34.9 Å². The Kier molecular flexibility index (Phi) is 6.27. The van der Waals surface area contributed by atoms with Gasteiger partial charge in [-0.15, -0.1) is 0 Å². The third-order valence-electron chi connectivity index (χ3n) is 4.58. The van der Waals surface area contributed by atoms with Crippen LogP contribution in [0.1, 0.15) is 27.0 Å². The number of H-pyrrole nitrogens is 1. The molecule has 4 rings (SSSR count). The van der Waals surface area contributed by atoms with E-state index in [2.05, 4.69) is 20.5 Å². The number of aromatic nitrogens is 2. The van der Waals surface area contributed by atoms with E-state index in [0.29, 0.717) is 16.9 Å². The Hall–Kier alpha value is -3.59. The van der Waals surface area contributed by atoms with Crippen LogP contribution in [0.4, 0.5) is 13.2 Å². The van der Waals surface area contributed by atoms with Crippen molar-refractivity contribution in [3.05, 3.63) is 95.1 Å². The van der Waals surface area contributed by atoms with Crippen LogP contribution in [0.2, 0.25) is 0 Å².